The maximum Gasteiger partial charge on any atom is 0.0575 e. The lowest BCUT2D eigenvalue weighted by Gasteiger charge is -2.35. The molecule has 0 aliphatic heterocycles. The molecule has 0 spiro atoms. The average molecular weight is 201 g/mol. The highest BCUT2D eigenvalue weighted by Gasteiger charge is 2.26. The Morgan fingerprint density at radius 3 is 2.00 bits per heavy atom. The predicted octanol–water partition coefficient (Wildman–Crippen LogP) is 2.37. The average Bonchev–Trinajstić information content (AvgIpc) is 2.01. The van der Waals surface area contributed by atoms with Gasteiger partial charge in [-0.3, -0.25) is 0 Å². The van der Waals surface area contributed by atoms with E-state index in [0.29, 0.717) is 5.92 Å². The number of nitrogens with zero attached hydrogens (tertiary/aromatic N) is 1. The lowest BCUT2D eigenvalue weighted by Crippen LogP contribution is -2.41. The van der Waals surface area contributed by atoms with Crippen LogP contribution in [0.15, 0.2) is 0 Å². The first-order chi connectivity index (χ1) is 6.29. The SMILES string of the molecule is CCN(CC(C)C)CC(C)(C)C(C)O. The zero-order valence-corrected chi connectivity index (χ0v) is 10.7. The van der Waals surface area contributed by atoms with Gasteiger partial charge in [-0.25, -0.2) is 0 Å². The van der Waals surface area contributed by atoms with Gasteiger partial charge in [0.05, 0.1) is 6.10 Å². The van der Waals surface area contributed by atoms with Crippen LogP contribution in [0.25, 0.3) is 0 Å². The second kappa shape index (κ2) is 5.72. The van der Waals surface area contributed by atoms with Crippen molar-refractivity contribution >= 4 is 0 Å². The third-order valence-electron chi connectivity index (χ3n) is 2.83. The molecule has 0 bridgehead atoms. The Labute approximate surface area is 89.3 Å². The van der Waals surface area contributed by atoms with Crippen molar-refractivity contribution in [3.63, 3.8) is 0 Å². The van der Waals surface area contributed by atoms with Crippen LogP contribution in [0, 0.1) is 11.3 Å². The lowest BCUT2D eigenvalue weighted by molar-refractivity contribution is 0.0329. The highest BCUT2D eigenvalue weighted by Crippen LogP contribution is 2.22. The molecule has 0 saturated heterocycles. The van der Waals surface area contributed by atoms with Crippen molar-refractivity contribution in [1.82, 2.24) is 4.90 Å². The van der Waals surface area contributed by atoms with Crippen molar-refractivity contribution in [2.75, 3.05) is 19.6 Å². The molecule has 0 rings (SSSR count). The minimum Gasteiger partial charge on any atom is -0.393 e. The van der Waals surface area contributed by atoms with E-state index < -0.39 is 0 Å². The smallest absolute Gasteiger partial charge is 0.0575 e. The second-order valence-electron chi connectivity index (χ2n) is 5.39. The maximum atomic E-state index is 9.63. The molecule has 2 heteroatoms. The van der Waals surface area contributed by atoms with Crippen molar-refractivity contribution in [1.29, 1.82) is 0 Å². The third-order valence-corrected chi connectivity index (χ3v) is 2.83. The van der Waals surface area contributed by atoms with Crippen LogP contribution in [-0.4, -0.2) is 35.7 Å². The number of hydrogen-bond donors (Lipinski definition) is 1. The van der Waals surface area contributed by atoms with Gasteiger partial charge in [-0.05, 0) is 19.4 Å². The van der Waals surface area contributed by atoms with Crippen molar-refractivity contribution in [3.05, 3.63) is 0 Å². The summed E-state index contributed by atoms with van der Waals surface area (Å²) in [6, 6.07) is 0. The Morgan fingerprint density at radius 2 is 1.71 bits per heavy atom. The van der Waals surface area contributed by atoms with Gasteiger partial charge >= 0.3 is 0 Å². The highest BCUT2D eigenvalue weighted by atomic mass is 16.3. The van der Waals surface area contributed by atoms with Gasteiger partial charge < -0.3 is 10.0 Å². The standard InChI is InChI=1S/C12H27NO/c1-7-13(8-10(2)3)9-12(5,6)11(4)14/h10-11,14H,7-9H2,1-6H3. The van der Waals surface area contributed by atoms with E-state index in [-0.39, 0.29) is 11.5 Å². The molecule has 2 nitrogen and oxygen atoms in total. The summed E-state index contributed by atoms with van der Waals surface area (Å²) in [5.41, 5.74) is -0.00903. The van der Waals surface area contributed by atoms with E-state index in [1.807, 2.05) is 6.92 Å². The van der Waals surface area contributed by atoms with Crippen LogP contribution in [0.5, 0.6) is 0 Å². The van der Waals surface area contributed by atoms with Crippen LogP contribution < -0.4 is 0 Å². The van der Waals surface area contributed by atoms with Gasteiger partial charge in [0.15, 0.2) is 0 Å². The fourth-order valence-electron chi connectivity index (χ4n) is 1.53. The van der Waals surface area contributed by atoms with E-state index in [0.717, 1.165) is 19.6 Å². The lowest BCUT2D eigenvalue weighted by atomic mass is 9.86. The van der Waals surface area contributed by atoms with E-state index in [1.165, 1.54) is 0 Å². The Kier molecular flexibility index (Phi) is 5.68. The number of hydrogen-bond acceptors (Lipinski definition) is 2. The van der Waals surface area contributed by atoms with Gasteiger partial charge in [0.25, 0.3) is 0 Å². The molecule has 0 aromatic rings. The molecule has 1 N–H and O–H groups in total. The summed E-state index contributed by atoms with van der Waals surface area (Å²) in [4.78, 5) is 2.41. The molecule has 0 amide bonds. The summed E-state index contributed by atoms with van der Waals surface area (Å²) in [6.45, 7) is 15.9. The molecule has 1 unspecified atom stereocenters. The van der Waals surface area contributed by atoms with Gasteiger partial charge in [-0.15, -0.1) is 0 Å². The van der Waals surface area contributed by atoms with Crippen LogP contribution in [0.2, 0.25) is 0 Å². The fourth-order valence-corrected chi connectivity index (χ4v) is 1.53. The minimum atomic E-state index is -0.247. The van der Waals surface area contributed by atoms with E-state index in [2.05, 4.69) is 39.5 Å². The first-order valence-electron chi connectivity index (χ1n) is 5.70. The number of aliphatic hydroxyl groups is 1. The summed E-state index contributed by atoms with van der Waals surface area (Å²) >= 11 is 0. The summed E-state index contributed by atoms with van der Waals surface area (Å²) in [5, 5.41) is 9.63. The molecule has 0 saturated carbocycles. The topological polar surface area (TPSA) is 23.5 Å². The van der Waals surface area contributed by atoms with Crippen LogP contribution >= 0.6 is 0 Å². The normalized spacial score (nSPS) is 15.2. The molecule has 86 valence electrons. The summed E-state index contributed by atoms with van der Waals surface area (Å²) in [5.74, 6) is 0.694. The molecular weight excluding hydrogens is 174 g/mol. The van der Waals surface area contributed by atoms with Crippen molar-refractivity contribution in [3.8, 4) is 0 Å². The molecule has 0 aromatic heterocycles. The monoisotopic (exact) mass is 201 g/mol. The Balaban J connectivity index is 4.16. The molecule has 14 heavy (non-hydrogen) atoms. The molecule has 0 aliphatic carbocycles. The number of aliphatic hydroxyl groups excluding tert-OH is 1. The quantitative estimate of drug-likeness (QED) is 0.713. The van der Waals surface area contributed by atoms with Crippen LogP contribution in [0.3, 0.4) is 0 Å². The van der Waals surface area contributed by atoms with Crippen LogP contribution in [0.1, 0.15) is 41.5 Å². The van der Waals surface area contributed by atoms with Gasteiger partial charge in [-0.2, -0.15) is 0 Å². The van der Waals surface area contributed by atoms with Gasteiger partial charge in [-0.1, -0.05) is 34.6 Å². The van der Waals surface area contributed by atoms with E-state index in [4.69, 9.17) is 0 Å². The third kappa shape index (κ3) is 4.97. The van der Waals surface area contributed by atoms with E-state index in [1.54, 1.807) is 0 Å². The van der Waals surface area contributed by atoms with Crippen molar-refractivity contribution in [2.45, 2.75) is 47.6 Å². The Hall–Kier alpha value is -0.0800. The second-order valence-corrected chi connectivity index (χ2v) is 5.39. The largest absolute Gasteiger partial charge is 0.393 e. The van der Waals surface area contributed by atoms with Gasteiger partial charge in [0.2, 0.25) is 0 Å². The Morgan fingerprint density at radius 1 is 1.21 bits per heavy atom. The van der Waals surface area contributed by atoms with Gasteiger partial charge in [0, 0.05) is 18.5 Å². The Bertz CT molecular complexity index is 152. The van der Waals surface area contributed by atoms with Crippen molar-refractivity contribution in [2.24, 2.45) is 11.3 Å². The summed E-state index contributed by atoms with van der Waals surface area (Å²) in [7, 11) is 0. The van der Waals surface area contributed by atoms with E-state index in [9.17, 15) is 5.11 Å². The van der Waals surface area contributed by atoms with Crippen LogP contribution in [0.4, 0.5) is 0 Å². The van der Waals surface area contributed by atoms with Crippen LogP contribution in [-0.2, 0) is 0 Å². The van der Waals surface area contributed by atoms with Gasteiger partial charge in [0.1, 0.15) is 0 Å². The molecule has 0 aromatic carbocycles. The maximum absolute atomic E-state index is 9.63. The first kappa shape index (κ1) is 13.9. The molecule has 0 radical (unpaired) electrons. The zero-order chi connectivity index (χ0) is 11.4. The highest BCUT2D eigenvalue weighted by molar-refractivity contribution is 4.78. The molecular formula is C12H27NO. The predicted molar refractivity (Wildman–Crippen MR) is 62.4 cm³/mol. The molecule has 0 aliphatic rings. The fraction of sp³-hybridized carbons (Fsp3) is 1.00. The summed E-state index contributed by atoms with van der Waals surface area (Å²) < 4.78 is 0. The molecule has 0 heterocycles. The minimum absolute atomic E-state index is 0.00903. The van der Waals surface area contributed by atoms with E-state index >= 15 is 0 Å². The summed E-state index contributed by atoms with van der Waals surface area (Å²) in [6.07, 6.45) is -0.247. The molecule has 0 fully saturated rings. The first-order valence-corrected chi connectivity index (χ1v) is 5.70. The number of rotatable bonds is 6. The zero-order valence-electron chi connectivity index (χ0n) is 10.7. The van der Waals surface area contributed by atoms with Crippen molar-refractivity contribution < 1.29 is 5.11 Å². The molecule has 1 atom stereocenters.